The van der Waals surface area contributed by atoms with Gasteiger partial charge in [-0.25, -0.2) is 0 Å². The average Bonchev–Trinajstić information content (AvgIpc) is 2.35. The third kappa shape index (κ3) is 2.35. The van der Waals surface area contributed by atoms with E-state index >= 15 is 0 Å². The standard InChI is InChI=1S/C13H13N3O/c14-5-1-2-9-3-4-12-10(6-9)7-11(8-15)13(17)16-12/h3-4,6-7H,1-2,5,14H2,(H,16,17). The Bertz CT molecular complexity index is 637. The van der Waals surface area contributed by atoms with Crippen molar-refractivity contribution in [3.05, 3.63) is 45.7 Å². The lowest BCUT2D eigenvalue weighted by Crippen LogP contribution is -2.09. The van der Waals surface area contributed by atoms with Gasteiger partial charge in [-0.3, -0.25) is 4.79 Å². The summed E-state index contributed by atoms with van der Waals surface area (Å²) >= 11 is 0. The van der Waals surface area contributed by atoms with Crippen molar-refractivity contribution in [2.75, 3.05) is 6.54 Å². The van der Waals surface area contributed by atoms with Gasteiger partial charge in [-0.05, 0) is 48.5 Å². The number of aryl methyl sites for hydroxylation is 1. The second-order valence-electron chi connectivity index (χ2n) is 3.94. The molecule has 0 spiro atoms. The number of hydrogen-bond donors (Lipinski definition) is 2. The van der Waals surface area contributed by atoms with Crippen molar-refractivity contribution in [3.8, 4) is 6.07 Å². The summed E-state index contributed by atoms with van der Waals surface area (Å²) in [7, 11) is 0. The van der Waals surface area contributed by atoms with E-state index in [2.05, 4.69) is 4.98 Å². The molecule has 0 atom stereocenters. The van der Waals surface area contributed by atoms with Crippen LogP contribution in [0.25, 0.3) is 10.9 Å². The molecule has 1 aromatic heterocycles. The van der Waals surface area contributed by atoms with Gasteiger partial charge in [0, 0.05) is 5.52 Å². The molecule has 86 valence electrons. The third-order valence-electron chi connectivity index (χ3n) is 2.70. The van der Waals surface area contributed by atoms with Gasteiger partial charge in [-0.1, -0.05) is 6.07 Å². The largest absolute Gasteiger partial charge is 0.330 e. The molecule has 4 nitrogen and oxygen atoms in total. The normalized spacial score (nSPS) is 10.4. The minimum Gasteiger partial charge on any atom is -0.330 e. The summed E-state index contributed by atoms with van der Waals surface area (Å²) < 4.78 is 0. The van der Waals surface area contributed by atoms with Crippen LogP contribution in [-0.4, -0.2) is 11.5 Å². The molecule has 4 heteroatoms. The van der Waals surface area contributed by atoms with Gasteiger partial charge in [0.2, 0.25) is 0 Å². The maximum absolute atomic E-state index is 11.4. The highest BCUT2D eigenvalue weighted by Crippen LogP contribution is 2.14. The Morgan fingerprint density at radius 2 is 2.18 bits per heavy atom. The molecular formula is C13H13N3O. The zero-order chi connectivity index (χ0) is 12.3. The van der Waals surface area contributed by atoms with Gasteiger partial charge in [0.1, 0.15) is 11.6 Å². The molecule has 0 saturated heterocycles. The number of nitrogens with two attached hydrogens (primary N) is 1. The molecule has 1 heterocycles. The lowest BCUT2D eigenvalue weighted by Gasteiger charge is -2.03. The fourth-order valence-corrected chi connectivity index (χ4v) is 1.80. The van der Waals surface area contributed by atoms with E-state index in [-0.39, 0.29) is 11.1 Å². The summed E-state index contributed by atoms with van der Waals surface area (Å²) in [5.74, 6) is 0. The summed E-state index contributed by atoms with van der Waals surface area (Å²) in [6, 6.07) is 9.34. The Morgan fingerprint density at radius 1 is 1.35 bits per heavy atom. The second kappa shape index (κ2) is 4.81. The van der Waals surface area contributed by atoms with E-state index in [9.17, 15) is 4.79 Å². The molecule has 0 fully saturated rings. The number of H-pyrrole nitrogens is 1. The monoisotopic (exact) mass is 227 g/mol. The number of nitrogens with zero attached hydrogens (tertiary/aromatic N) is 1. The fraction of sp³-hybridized carbons (Fsp3) is 0.231. The molecule has 2 rings (SSSR count). The predicted molar refractivity (Wildman–Crippen MR) is 66.7 cm³/mol. The van der Waals surface area contributed by atoms with Gasteiger partial charge in [-0.15, -0.1) is 0 Å². The van der Waals surface area contributed by atoms with E-state index in [1.807, 2.05) is 24.3 Å². The number of nitrogens with one attached hydrogen (secondary N) is 1. The minimum absolute atomic E-state index is 0.147. The van der Waals surface area contributed by atoms with Gasteiger partial charge < -0.3 is 10.7 Å². The van der Waals surface area contributed by atoms with Crippen LogP contribution in [0.4, 0.5) is 0 Å². The van der Waals surface area contributed by atoms with Gasteiger partial charge in [-0.2, -0.15) is 5.26 Å². The number of aromatic amines is 1. The summed E-state index contributed by atoms with van der Waals surface area (Å²) in [5, 5.41) is 9.69. The number of benzene rings is 1. The van der Waals surface area contributed by atoms with Crippen molar-refractivity contribution in [2.24, 2.45) is 5.73 Å². The Morgan fingerprint density at radius 3 is 2.88 bits per heavy atom. The highest BCUT2D eigenvalue weighted by Gasteiger charge is 2.02. The van der Waals surface area contributed by atoms with Crippen LogP contribution in [0.3, 0.4) is 0 Å². The molecule has 0 aliphatic rings. The summed E-state index contributed by atoms with van der Waals surface area (Å²) in [4.78, 5) is 14.1. The van der Waals surface area contributed by atoms with E-state index in [0.29, 0.717) is 6.54 Å². The molecule has 17 heavy (non-hydrogen) atoms. The molecule has 0 aliphatic carbocycles. The summed E-state index contributed by atoms with van der Waals surface area (Å²) in [6.45, 7) is 0.660. The Kier molecular flexibility index (Phi) is 3.22. The van der Waals surface area contributed by atoms with Gasteiger partial charge in [0.25, 0.3) is 5.56 Å². The van der Waals surface area contributed by atoms with Crippen LogP contribution in [0, 0.1) is 11.3 Å². The van der Waals surface area contributed by atoms with Gasteiger partial charge in [0.05, 0.1) is 0 Å². The van der Waals surface area contributed by atoms with E-state index in [4.69, 9.17) is 11.0 Å². The molecule has 3 N–H and O–H groups in total. The molecule has 0 radical (unpaired) electrons. The third-order valence-corrected chi connectivity index (χ3v) is 2.70. The van der Waals surface area contributed by atoms with Crippen LogP contribution in [0.15, 0.2) is 29.1 Å². The Hall–Kier alpha value is -2.12. The average molecular weight is 227 g/mol. The van der Waals surface area contributed by atoms with Gasteiger partial charge >= 0.3 is 0 Å². The number of pyridine rings is 1. The highest BCUT2D eigenvalue weighted by atomic mass is 16.1. The first kappa shape index (κ1) is 11.4. The maximum atomic E-state index is 11.4. The fourth-order valence-electron chi connectivity index (χ4n) is 1.80. The predicted octanol–water partition coefficient (Wildman–Crippen LogP) is 1.29. The van der Waals surface area contributed by atoms with Crippen LogP contribution in [-0.2, 0) is 6.42 Å². The van der Waals surface area contributed by atoms with Gasteiger partial charge in [0.15, 0.2) is 0 Å². The number of nitriles is 1. The molecular weight excluding hydrogens is 214 g/mol. The smallest absolute Gasteiger partial charge is 0.266 e. The summed E-state index contributed by atoms with van der Waals surface area (Å²) in [5.41, 5.74) is 7.19. The molecule has 2 aromatic rings. The molecule has 0 bridgehead atoms. The molecule has 0 amide bonds. The SMILES string of the molecule is N#Cc1cc2cc(CCCN)ccc2[nH]c1=O. The van der Waals surface area contributed by atoms with Crippen LogP contribution in [0.1, 0.15) is 17.5 Å². The van der Waals surface area contributed by atoms with Crippen LogP contribution >= 0.6 is 0 Å². The molecule has 0 unspecified atom stereocenters. The first-order chi connectivity index (χ1) is 8.24. The second-order valence-corrected chi connectivity index (χ2v) is 3.94. The molecule has 1 aromatic carbocycles. The lowest BCUT2D eigenvalue weighted by atomic mass is 10.1. The molecule has 0 saturated carbocycles. The van der Waals surface area contributed by atoms with Crippen molar-refractivity contribution < 1.29 is 0 Å². The Balaban J connectivity index is 2.50. The highest BCUT2D eigenvalue weighted by molar-refractivity contribution is 5.80. The van der Waals surface area contributed by atoms with Crippen LogP contribution in [0.2, 0.25) is 0 Å². The minimum atomic E-state index is -0.338. The molecule has 0 aliphatic heterocycles. The van der Waals surface area contributed by atoms with Crippen molar-refractivity contribution >= 4 is 10.9 Å². The van der Waals surface area contributed by atoms with Crippen molar-refractivity contribution in [2.45, 2.75) is 12.8 Å². The number of fused-ring (bicyclic) bond motifs is 1. The first-order valence-corrected chi connectivity index (χ1v) is 5.50. The zero-order valence-electron chi connectivity index (χ0n) is 9.36. The first-order valence-electron chi connectivity index (χ1n) is 5.50. The van der Waals surface area contributed by atoms with Crippen molar-refractivity contribution in [3.63, 3.8) is 0 Å². The van der Waals surface area contributed by atoms with Crippen molar-refractivity contribution in [1.82, 2.24) is 4.98 Å². The topological polar surface area (TPSA) is 82.7 Å². The number of hydrogen-bond acceptors (Lipinski definition) is 3. The zero-order valence-corrected chi connectivity index (χ0v) is 9.36. The number of rotatable bonds is 3. The number of aromatic nitrogens is 1. The van der Waals surface area contributed by atoms with Crippen LogP contribution in [0.5, 0.6) is 0 Å². The quantitative estimate of drug-likeness (QED) is 0.828. The summed E-state index contributed by atoms with van der Waals surface area (Å²) in [6.07, 6.45) is 1.84. The van der Waals surface area contributed by atoms with E-state index < -0.39 is 0 Å². The maximum Gasteiger partial charge on any atom is 0.266 e. The van der Waals surface area contributed by atoms with Crippen LogP contribution < -0.4 is 11.3 Å². The van der Waals surface area contributed by atoms with E-state index in [1.54, 1.807) is 6.07 Å². The lowest BCUT2D eigenvalue weighted by molar-refractivity contribution is 0.833. The Labute approximate surface area is 98.7 Å². The van der Waals surface area contributed by atoms with E-state index in [0.717, 1.165) is 23.7 Å². The van der Waals surface area contributed by atoms with E-state index in [1.165, 1.54) is 5.56 Å². The van der Waals surface area contributed by atoms with Crippen molar-refractivity contribution in [1.29, 1.82) is 5.26 Å².